The van der Waals surface area contributed by atoms with Crippen LogP contribution >= 0.6 is 15.9 Å². The number of ketones is 1. The van der Waals surface area contributed by atoms with Crippen molar-refractivity contribution in [3.05, 3.63) is 69.9 Å². The molecule has 2 aromatic rings. The molecule has 2 aromatic carbocycles. The molecule has 0 aliphatic carbocycles. The van der Waals surface area contributed by atoms with Crippen molar-refractivity contribution in [3.8, 4) is 0 Å². The molecule has 86 valence electrons. The highest BCUT2D eigenvalue weighted by Crippen LogP contribution is 2.17. The quantitative estimate of drug-likeness (QED) is 0.781. The van der Waals surface area contributed by atoms with Crippen molar-refractivity contribution in [2.45, 2.75) is 6.42 Å². The third-order valence-electron chi connectivity index (χ3n) is 2.45. The van der Waals surface area contributed by atoms with Gasteiger partial charge in [-0.25, -0.2) is 4.39 Å². The third kappa shape index (κ3) is 3.01. The van der Waals surface area contributed by atoms with Gasteiger partial charge in [0.25, 0.3) is 0 Å². The average molecular weight is 293 g/mol. The second-order valence-electron chi connectivity index (χ2n) is 3.71. The molecule has 0 aromatic heterocycles. The molecule has 0 saturated heterocycles. The number of Topliss-reactive ketones (excluding diaryl/α,β-unsaturated/α-hetero) is 1. The molecule has 3 heteroatoms. The number of hydrogen-bond acceptors (Lipinski definition) is 1. The van der Waals surface area contributed by atoms with Crippen LogP contribution in [0.5, 0.6) is 0 Å². The molecule has 0 unspecified atom stereocenters. The lowest BCUT2D eigenvalue weighted by Gasteiger charge is -2.02. The normalized spacial score (nSPS) is 10.2. The highest BCUT2D eigenvalue weighted by atomic mass is 79.9. The molecule has 0 amide bonds. The van der Waals surface area contributed by atoms with Crippen LogP contribution in [0.2, 0.25) is 0 Å². The van der Waals surface area contributed by atoms with Crippen molar-refractivity contribution < 1.29 is 9.18 Å². The van der Waals surface area contributed by atoms with E-state index in [2.05, 4.69) is 15.9 Å². The predicted molar refractivity (Wildman–Crippen MR) is 68.6 cm³/mol. The summed E-state index contributed by atoms with van der Waals surface area (Å²) in [5.41, 5.74) is 1.33. The average Bonchev–Trinajstić information content (AvgIpc) is 2.34. The van der Waals surface area contributed by atoms with Crippen molar-refractivity contribution in [2.75, 3.05) is 0 Å². The molecule has 2 rings (SSSR count). The van der Waals surface area contributed by atoms with E-state index in [1.165, 1.54) is 6.07 Å². The Morgan fingerprint density at radius 2 is 1.82 bits per heavy atom. The molecule has 0 aliphatic heterocycles. The number of hydrogen-bond donors (Lipinski definition) is 0. The first-order valence-electron chi connectivity index (χ1n) is 5.19. The fourth-order valence-electron chi connectivity index (χ4n) is 1.55. The van der Waals surface area contributed by atoms with Gasteiger partial charge in [0.05, 0.1) is 4.47 Å². The van der Waals surface area contributed by atoms with E-state index in [0.717, 1.165) is 5.56 Å². The van der Waals surface area contributed by atoms with E-state index in [0.29, 0.717) is 16.5 Å². The van der Waals surface area contributed by atoms with E-state index >= 15 is 0 Å². The maximum absolute atomic E-state index is 13.3. The van der Waals surface area contributed by atoms with Gasteiger partial charge < -0.3 is 0 Å². The van der Waals surface area contributed by atoms with Gasteiger partial charge in [-0.15, -0.1) is 0 Å². The van der Waals surface area contributed by atoms with Crippen LogP contribution in [0.1, 0.15) is 15.9 Å². The molecule has 0 N–H and O–H groups in total. The first kappa shape index (κ1) is 12.0. The Balaban J connectivity index is 2.18. The van der Waals surface area contributed by atoms with Gasteiger partial charge in [-0.2, -0.15) is 0 Å². The van der Waals surface area contributed by atoms with Crippen LogP contribution in [0.3, 0.4) is 0 Å². The summed E-state index contributed by atoms with van der Waals surface area (Å²) in [6, 6.07) is 13.9. The lowest BCUT2D eigenvalue weighted by Crippen LogP contribution is -2.03. The van der Waals surface area contributed by atoms with Crippen LogP contribution in [0.15, 0.2) is 53.0 Å². The molecule has 0 saturated carbocycles. The first-order chi connectivity index (χ1) is 8.16. The van der Waals surface area contributed by atoms with E-state index in [9.17, 15) is 9.18 Å². The van der Waals surface area contributed by atoms with E-state index in [1.807, 2.05) is 30.3 Å². The summed E-state index contributed by atoms with van der Waals surface area (Å²) in [5, 5.41) is 0. The lowest BCUT2D eigenvalue weighted by molar-refractivity contribution is 0.0992. The van der Waals surface area contributed by atoms with E-state index < -0.39 is 5.82 Å². The number of benzene rings is 2. The van der Waals surface area contributed by atoms with Crippen LogP contribution in [-0.4, -0.2) is 5.78 Å². The number of rotatable bonds is 3. The summed E-state index contributed by atoms with van der Waals surface area (Å²) in [6.45, 7) is 0. The minimum atomic E-state index is -0.413. The maximum atomic E-state index is 13.3. The zero-order valence-electron chi connectivity index (χ0n) is 8.99. The van der Waals surface area contributed by atoms with E-state index in [-0.39, 0.29) is 5.78 Å². The zero-order valence-corrected chi connectivity index (χ0v) is 10.6. The predicted octanol–water partition coefficient (Wildman–Crippen LogP) is 4.01. The van der Waals surface area contributed by atoms with E-state index in [4.69, 9.17) is 0 Å². The van der Waals surface area contributed by atoms with Gasteiger partial charge >= 0.3 is 0 Å². The number of carbonyl (C=O) groups is 1. The molecular formula is C14H10BrFO. The van der Waals surface area contributed by atoms with Crippen LogP contribution in [0, 0.1) is 5.82 Å². The molecule has 0 radical (unpaired) electrons. The largest absolute Gasteiger partial charge is 0.294 e. The summed E-state index contributed by atoms with van der Waals surface area (Å²) in [7, 11) is 0. The van der Waals surface area contributed by atoms with Crippen molar-refractivity contribution in [3.63, 3.8) is 0 Å². The summed E-state index contributed by atoms with van der Waals surface area (Å²) < 4.78 is 13.6. The van der Waals surface area contributed by atoms with Crippen molar-refractivity contribution in [1.29, 1.82) is 0 Å². The van der Waals surface area contributed by atoms with Gasteiger partial charge in [0.1, 0.15) is 5.82 Å². The fourth-order valence-corrected chi connectivity index (χ4v) is 1.80. The highest BCUT2D eigenvalue weighted by Gasteiger charge is 2.09. The standard InChI is InChI=1S/C14H10BrFO/c15-12-7-6-11(9-13(12)16)14(17)8-10-4-2-1-3-5-10/h1-7,9H,8H2. The maximum Gasteiger partial charge on any atom is 0.167 e. The summed E-state index contributed by atoms with van der Waals surface area (Å²) in [6.07, 6.45) is 0.294. The summed E-state index contributed by atoms with van der Waals surface area (Å²) >= 11 is 3.06. The minimum absolute atomic E-state index is 0.0809. The van der Waals surface area contributed by atoms with Crippen LogP contribution in [-0.2, 0) is 6.42 Å². The first-order valence-corrected chi connectivity index (χ1v) is 5.98. The Kier molecular flexibility index (Phi) is 3.69. The second-order valence-corrected chi connectivity index (χ2v) is 4.57. The van der Waals surface area contributed by atoms with Gasteiger partial charge in [0.2, 0.25) is 0 Å². The van der Waals surface area contributed by atoms with Gasteiger partial charge in [0, 0.05) is 12.0 Å². The SMILES string of the molecule is O=C(Cc1ccccc1)c1ccc(Br)c(F)c1. The number of carbonyl (C=O) groups excluding carboxylic acids is 1. The molecular weight excluding hydrogens is 283 g/mol. The lowest BCUT2D eigenvalue weighted by atomic mass is 10.0. The third-order valence-corrected chi connectivity index (χ3v) is 3.09. The van der Waals surface area contributed by atoms with Crippen molar-refractivity contribution in [2.24, 2.45) is 0 Å². The molecule has 0 heterocycles. The van der Waals surface area contributed by atoms with Crippen molar-refractivity contribution >= 4 is 21.7 Å². The van der Waals surface area contributed by atoms with Gasteiger partial charge in [-0.3, -0.25) is 4.79 Å². The molecule has 0 bridgehead atoms. The highest BCUT2D eigenvalue weighted by molar-refractivity contribution is 9.10. The molecule has 0 atom stereocenters. The zero-order chi connectivity index (χ0) is 12.3. The summed E-state index contributed by atoms with van der Waals surface area (Å²) in [4.78, 5) is 11.9. The van der Waals surface area contributed by atoms with E-state index in [1.54, 1.807) is 12.1 Å². The van der Waals surface area contributed by atoms with Crippen LogP contribution in [0.25, 0.3) is 0 Å². The Bertz CT molecular complexity index is 537. The Morgan fingerprint density at radius 3 is 2.47 bits per heavy atom. The summed E-state index contributed by atoms with van der Waals surface area (Å²) in [5.74, 6) is -0.494. The minimum Gasteiger partial charge on any atom is -0.294 e. The Labute approximate surface area is 107 Å². The molecule has 0 fully saturated rings. The Hall–Kier alpha value is -1.48. The molecule has 0 aliphatic rings. The van der Waals surface area contributed by atoms with Gasteiger partial charge in [-0.05, 0) is 33.6 Å². The monoisotopic (exact) mass is 292 g/mol. The molecule has 1 nitrogen and oxygen atoms in total. The smallest absolute Gasteiger partial charge is 0.167 e. The van der Waals surface area contributed by atoms with Gasteiger partial charge in [-0.1, -0.05) is 36.4 Å². The van der Waals surface area contributed by atoms with Crippen LogP contribution in [0.4, 0.5) is 4.39 Å². The molecule has 17 heavy (non-hydrogen) atoms. The topological polar surface area (TPSA) is 17.1 Å². The van der Waals surface area contributed by atoms with Crippen molar-refractivity contribution in [1.82, 2.24) is 0 Å². The van der Waals surface area contributed by atoms with Crippen LogP contribution < -0.4 is 0 Å². The molecule has 0 spiro atoms. The second kappa shape index (κ2) is 5.23. The van der Waals surface area contributed by atoms with Gasteiger partial charge in [0.15, 0.2) is 5.78 Å². The number of halogens is 2. The fraction of sp³-hybridized carbons (Fsp3) is 0.0714. The Morgan fingerprint density at radius 1 is 1.12 bits per heavy atom.